The maximum Gasteiger partial charge on any atom is 0.433 e. The first-order chi connectivity index (χ1) is 8.30. The summed E-state index contributed by atoms with van der Waals surface area (Å²) in [6.45, 7) is 0. The molecule has 1 heterocycles. The zero-order valence-corrected chi connectivity index (χ0v) is 10.8. The maximum atomic E-state index is 13.5. The summed E-state index contributed by atoms with van der Waals surface area (Å²) in [5.74, 6) is -1.03. The molecule has 0 unspecified atom stereocenters. The second-order valence-electron chi connectivity index (χ2n) is 3.35. The Kier molecular flexibility index (Phi) is 3.37. The Morgan fingerprint density at radius 2 is 1.94 bits per heavy atom. The molecule has 0 atom stereocenters. The fraction of sp³-hybridized carbons (Fsp3) is 0.100. The quantitative estimate of drug-likeness (QED) is 0.750. The van der Waals surface area contributed by atoms with E-state index in [1.807, 2.05) is 4.98 Å². The molecule has 0 bridgehead atoms. The van der Waals surface area contributed by atoms with Gasteiger partial charge in [0.1, 0.15) is 16.2 Å². The van der Waals surface area contributed by atoms with Crippen LogP contribution in [-0.2, 0) is 6.18 Å². The van der Waals surface area contributed by atoms with Gasteiger partial charge in [-0.15, -0.1) is 0 Å². The van der Waals surface area contributed by atoms with Gasteiger partial charge in [-0.1, -0.05) is 17.7 Å². The van der Waals surface area contributed by atoms with Gasteiger partial charge in [0.25, 0.3) is 0 Å². The molecule has 0 aliphatic rings. The van der Waals surface area contributed by atoms with E-state index in [0.29, 0.717) is 0 Å². The number of hydrogen-bond acceptors (Lipinski definition) is 1. The van der Waals surface area contributed by atoms with Crippen LogP contribution in [0.2, 0.25) is 5.02 Å². The Morgan fingerprint density at radius 3 is 2.44 bits per heavy atom. The molecule has 1 N–H and O–H groups in total. The molecule has 0 spiro atoms. The monoisotopic (exact) mass is 342 g/mol. The summed E-state index contributed by atoms with van der Waals surface area (Å²) in [5, 5.41) is -0.0232. The van der Waals surface area contributed by atoms with Gasteiger partial charge in [0.05, 0.1) is 10.6 Å². The first kappa shape index (κ1) is 13.4. The highest BCUT2D eigenvalue weighted by Crippen LogP contribution is 2.37. The van der Waals surface area contributed by atoms with E-state index >= 15 is 0 Å². The van der Waals surface area contributed by atoms with Crippen molar-refractivity contribution >= 4 is 27.5 Å². The predicted octanol–water partition coefficient (Wildman–Crippen LogP) is 4.65. The number of nitrogens with zero attached hydrogens (tertiary/aromatic N) is 1. The standard InChI is InChI=1S/C10H4BrClF4N2/c11-8-7(10(14,15)16)17-9(18-8)6-4(12)2-1-3-5(6)13/h1-3H,(H,17,18). The minimum atomic E-state index is -4.61. The van der Waals surface area contributed by atoms with Crippen molar-refractivity contribution in [2.45, 2.75) is 6.18 Å². The number of nitrogens with one attached hydrogen (secondary N) is 1. The molecule has 2 aromatic rings. The van der Waals surface area contributed by atoms with Crippen LogP contribution in [0.4, 0.5) is 17.6 Å². The van der Waals surface area contributed by atoms with E-state index in [1.165, 1.54) is 12.1 Å². The number of rotatable bonds is 1. The third-order valence-corrected chi connectivity index (χ3v) is 3.03. The van der Waals surface area contributed by atoms with Crippen molar-refractivity contribution in [1.29, 1.82) is 0 Å². The SMILES string of the molecule is Fc1cccc(Cl)c1-c1nc(Br)c(C(F)(F)F)[nH]1. The van der Waals surface area contributed by atoms with Crippen molar-refractivity contribution in [2.75, 3.05) is 0 Å². The third-order valence-electron chi connectivity index (χ3n) is 2.14. The Morgan fingerprint density at radius 1 is 1.28 bits per heavy atom. The van der Waals surface area contributed by atoms with Crippen LogP contribution in [0.3, 0.4) is 0 Å². The lowest BCUT2D eigenvalue weighted by Gasteiger charge is -2.03. The van der Waals surface area contributed by atoms with Crippen molar-refractivity contribution in [3.05, 3.63) is 39.3 Å². The Labute approximate surface area is 112 Å². The molecule has 0 saturated heterocycles. The van der Waals surface area contributed by atoms with Gasteiger partial charge in [-0.25, -0.2) is 9.37 Å². The van der Waals surface area contributed by atoms with Crippen LogP contribution < -0.4 is 0 Å². The molecule has 0 fully saturated rings. The number of alkyl halides is 3. The van der Waals surface area contributed by atoms with Crippen molar-refractivity contribution < 1.29 is 17.6 Å². The summed E-state index contributed by atoms with van der Waals surface area (Å²) in [6.07, 6.45) is -4.61. The van der Waals surface area contributed by atoms with Crippen LogP contribution >= 0.6 is 27.5 Å². The molecule has 18 heavy (non-hydrogen) atoms. The van der Waals surface area contributed by atoms with E-state index in [2.05, 4.69) is 20.9 Å². The highest BCUT2D eigenvalue weighted by atomic mass is 79.9. The van der Waals surface area contributed by atoms with Gasteiger partial charge in [0, 0.05) is 0 Å². The fourth-order valence-electron chi connectivity index (χ4n) is 1.38. The van der Waals surface area contributed by atoms with E-state index in [4.69, 9.17) is 11.6 Å². The molecule has 8 heteroatoms. The number of halogens is 6. The van der Waals surface area contributed by atoms with Gasteiger partial charge in [-0.3, -0.25) is 0 Å². The van der Waals surface area contributed by atoms with Gasteiger partial charge >= 0.3 is 6.18 Å². The first-order valence-electron chi connectivity index (χ1n) is 4.58. The Bertz CT molecular complexity index is 574. The van der Waals surface area contributed by atoms with E-state index in [0.717, 1.165) is 6.07 Å². The Balaban J connectivity index is 2.60. The number of aromatic amines is 1. The highest BCUT2D eigenvalue weighted by molar-refractivity contribution is 9.10. The van der Waals surface area contributed by atoms with Crippen LogP contribution in [0.5, 0.6) is 0 Å². The van der Waals surface area contributed by atoms with Crippen LogP contribution in [0.15, 0.2) is 22.8 Å². The number of imidazole rings is 1. The van der Waals surface area contributed by atoms with Crippen LogP contribution in [-0.4, -0.2) is 9.97 Å². The molecular formula is C10H4BrClF4N2. The molecule has 0 radical (unpaired) electrons. The number of H-pyrrole nitrogens is 1. The molecule has 0 aliphatic heterocycles. The maximum absolute atomic E-state index is 13.5. The molecule has 0 saturated carbocycles. The van der Waals surface area contributed by atoms with Crippen molar-refractivity contribution in [3.63, 3.8) is 0 Å². The average molecular weight is 344 g/mol. The smallest absolute Gasteiger partial charge is 0.333 e. The van der Waals surface area contributed by atoms with Gasteiger partial charge < -0.3 is 4.98 Å². The summed E-state index contributed by atoms with van der Waals surface area (Å²) in [6, 6.07) is 3.80. The number of hydrogen-bond donors (Lipinski definition) is 1. The lowest BCUT2D eigenvalue weighted by Crippen LogP contribution is -2.06. The highest BCUT2D eigenvalue weighted by Gasteiger charge is 2.36. The summed E-state index contributed by atoms with van der Waals surface area (Å²) in [5.41, 5.74) is -1.29. The molecule has 0 amide bonds. The van der Waals surface area contributed by atoms with Crippen LogP contribution in [0.1, 0.15) is 5.69 Å². The van der Waals surface area contributed by atoms with Gasteiger partial charge in [0.15, 0.2) is 5.69 Å². The van der Waals surface area contributed by atoms with E-state index in [9.17, 15) is 17.6 Å². The van der Waals surface area contributed by atoms with Crippen molar-refractivity contribution in [2.24, 2.45) is 0 Å². The van der Waals surface area contributed by atoms with E-state index in [-0.39, 0.29) is 16.4 Å². The summed E-state index contributed by atoms with van der Waals surface area (Å²) >= 11 is 8.41. The zero-order valence-electron chi connectivity index (χ0n) is 8.45. The molecule has 0 aliphatic carbocycles. The zero-order chi connectivity index (χ0) is 13.5. The normalized spacial score (nSPS) is 11.9. The minimum Gasteiger partial charge on any atom is -0.333 e. The lowest BCUT2D eigenvalue weighted by molar-refractivity contribution is -0.141. The molecule has 96 valence electrons. The third kappa shape index (κ3) is 2.37. The van der Waals surface area contributed by atoms with Crippen molar-refractivity contribution in [3.8, 4) is 11.4 Å². The summed E-state index contributed by atoms with van der Waals surface area (Å²) in [4.78, 5) is 5.60. The van der Waals surface area contributed by atoms with E-state index < -0.39 is 22.3 Å². The first-order valence-corrected chi connectivity index (χ1v) is 5.75. The minimum absolute atomic E-state index is 0.0232. The van der Waals surface area contributed by atoms with Crippen molar-refractivity contribution in [1.82, 2.24) is 9.97 Å². The fourth-order valence-corrected chi connectivity index (χ4v) is 2.14. The second kappa shape index (κ2) is 4.55. The average Bonchev–Trinajstić information content (AvgIpc) is 2.59. The lowest BCUT2D eigenvalue weighted by atomic mass is 10.2. The number of benzene rings is 1. The molecular weight excluding hydrogens is 339 g/mol. The summed E-state index contributed by atoms with van der Waals surface area (Å²) in [7, 11) is 0. The van der Waals surface area contributed by atoms with Gasteiger partial charge in [-0.2, -0.15) is 13.2 Å². The predicted molar refractivity (Wildman–Crippen MR) is 61.7 cm³/mol. The second-order valence-corrected chi connectivity index (χ2v) is 4.50. The van der Waals surface area contributed by atoms with Crippen LogP contribution in [0.25, 0.3) is 11.4 Å². The van der Waals surface area contributed by atoms with Gasteiger partial charge in [0.2, 0.25) is 0 Å². The largest absolute Gasteiger partial charge is 0.433 e. The summed E-state index contributed by atoms with van der Waals surface area (Å²) < 4.78 is 50.7. The Hall–Kier alpha value is -1.08. The van der Waals surface area contributed by atoms with Gasteiger partial charge in [-0.05, 0) is 28.1 Å². The van der Waals surface area contributed by atoms with Crippen LogP contribution in [0, 0.1) is 5.82 Å². The topological polar surface area (TPSA) is 28.7 Å². The number of aromatic nitrogens is 2. The molecule has 2 nitrogen and oxygen atoms in total. The molecule has 1 aromatic carbocycles. The molecule has 1 aromatic heterocycles. The molecule has 2 rings (SSSR count). The van der Waals surface area contributed by atoms with E-state index in [1.54, 1.807) is 0 Å².